The van der Waals surface area contributed by atoms with Gasteiger partial charge in [-0.25, -0.2) is 14.5 Å². The predicted octanol–water partition coefficient (Wildman–Crippen LogP) is 1.15. The van der Waals surface area contributed by atoms with Crippen molar-refractivity contribution in [2.24, 2.45) is 0 Å². The molecular weight excluding hydrogens is 340 g/mol. The first-order valence-electron chi connectivity index (χ1n) is 7.99. The molecule has 0 aromatic heterocycles. The number of urea groups is 2. The van der Waals surface area contributed by atoms with E-state index in [4.69, 9.17) is 0 Å². The summed E-state index contributed by atoms with van der Waals surface area (Å²) in [6.07, 6.45) is 0. The second-order valence-electron chi connectivity index (χ2n) is 6.24. The molecule has 1 aliphatic rings. The Morgan fingerprint density at radius 3 is 2.23 bits per heavy atom. The molecule has 1 aliphatic heterocycles. The molecule has 1 saturated heterocycles. The van der Waals surface area contributed by atoms with Gasteiger partial charge in [0.05, 0.1) is 0 Å². The third-order valence-electron chi connectivity index (χ3n) is 3.92. The van der Waals surface area contributed by atoms with Crippen LogP contribution in [0.15, 0.2) is 18.2 Å². The molecule has 2 N–H and O–H groups in total. The van der Waals surface area contributed by atoms with E-state index in [9.17, 15) is 24.0 Å². The van der Waals surface area contributed by atoms with Crippen LogP contribution in [0, 0.1) is 13.8 Å². The molecule has 0 radical (unpaired) electrons. The van der Waals surface area contributed by atoms with Crippen LogP contribution in [-0.2, 0) is 14.4 Å². The summed E-state index contributed by atoms with van der Waals surface area (Å²) in [5.41, 5.74) is 2.51. The monoisotopic (exact) mass is 360 g/mol. The first-order valence-corrected chi connectivity index (χ1v) is 7.99. The maximum Gasteiger partial charge on any atom is 0.334 e. The lowest BCUT2D eigenvalue weighted by Gasteiger charge is -2.18. The molecule has 7 amide bonds. The number of benzene rings is 1. The average molecular weight is 360 g/mol. The summed E-state index contributed by atoms with van der Waals surface area (Å²) >= 11 is 0. The molecule has 0 saturated carbocycles. The van der Waals surface area contributed by atoms with Gasteiger partial charge in [0.2, 0.25) is 5.91 Å². The molecule has 26 heavy (non-hydrogen) atoms. The summed E-state index contributed by atoms with van der Waals surface area (Å²) in [5, 5.41) is 4.51. The number of rotatable bonds is 4. The number of imide groups is 3. The largest absolute Gasteiger partial charge is 0.334 e. The van der Waals surface area contributed by atoms with E-state index in [0.29, 0.717) is 10.6 Å². The quantitative estimate of drug-likeness (QED) is 0.617. The fourth-order valence-corrected chi connectivity index (χ4v) is 2.41. The van der Waals surface area contributed by atoms with Crippen LogP contribution in [0.2, 0.25) is 0 Å². The molecule has 1 aromatic rings. The van der Waals surface area contributed by atoms with Crippen LogP contribution in [0.25, 0.3) is 0 Å². The van der Waals surface area contributed by atoms with E-state index >= 15 is 0 Å². The van der Waals surface area contributed by atoms with Crippen LogP contribution in [-0.4, -0.2) is 52.2 Å². The van der Waals surface area contributed by atoms with Crippen LogP contribution in [0.5, 0.6) is 0 Å². The summed E-state index contributed by atoms with van der Waals surface area (Å²) in [6.45, 7) is 6.24. The Kier molecular flexibility index (Phi) is 5.39. The van der Waals surface area contributed by atoms with Gasteiger partial charge in [-0.2, -0.15) is 0 Å². The molecule has 0 atom stereocenters. The van der Waals surface area contributed by atoms with Gasteiger partial charge < -0.3 is 5.32 Å². The van der Waals surface area contributed by atoms with Crippen molar-refractivity contribution in [1.82, 2.24) is 15.1 Å². The molecule has 0 spiro atoms. The fourth-order valence-electron chi connectivity index (χ4n) is 2.41. The number of hydrogen-bond donors (Lipinski definition) is 2. The first-order chi connectivity index (χ1) is 12.1. The minimum Gasteiger partial charge on any atom is -0.308 e. The molecular formula is C17H20N4O5. The number of nitrogens with zero attached hydrogens (tertiary/aromatic N) is 2. The number of amides is 7. The van der Waals surface area contributed by atoms with Gasteiger partial charge in [0.15, 0.2) is 0 Å². The van der Waals surface area contributed by atoms with Crippen molar-refractivity contribution in [1.29, 1.82) is 0 Å². The highest BCUT2D eigenvalue weighted by Crippen LogP contribution is 2.15. The van der Waals surface area contributed by atoms with Crippen molar-refractivity contribution < 1.29 is 24.0 Å². The summed E-state index contributed by atoms with van der Waals surface area (Å²) in [7, 11) is 0. The molecule has 138 valence electrons. The Balaban J connectivity index is 1.96. The predicted molar refractivity (Wildman–Crippen MR) is 92.2 cm³/mol. The van der Waals surface area contributed by atoms with Crippen LogP contribution < -0.4 is 10.6 Å². The van der Waals surface area contributed by atoms with Gasteiger partial charge in [0.25, 0.3) is 0 Å². The van der Waals surface area contributed by atoms with Gasteiger partial charge >= 0.3 is 23.9 Å². The van der Waals surface area contributed by atoms with E-state index in [2.05, 4.69) is 5.32 Å². The lowest BCUT2D eigenvalue weighted by molar-refractivity contribution is -0.144. The van der Waals surface area contributed by atoms with Crippen LogP contribution in [0.3, 0.4) is 0 Å². The third-order valence-corrected chi connectivity index (χ3v) is 3.92. The van der Waals surface area contributed by atoms with Crippen molar-refractivity contribution in [2.75, 3.05) is 11.9 Å². The average Bonchev–Trinajstić information content (AvgIpc) is 2.74. The maximum atomic E-state index is 12.1. The molecule has 0 bridgehead atoms. The van der Waals surface area contributed by atoms with E-state index in [1.807, 2.05) is 25.2 Å². The zero-order valence-corrected chi connectivity index (χ0v) is 15.0. The van der Waals surface area contributed by atoms with Gasteiger partial charge in [-0.05, 0) is 51.0 Å². The van der Waals surface area contributed by atoms with E-state index in [1.165, 1.54) is 0 Å². The van der Waals surface area contributed by atoms with Crippen LogP contribution in [0.4, 0.5) is 15.3 Å². The number of aryl methyl sites for hydroxylation is 2. The van der Waals surface area contributed by atoms with Crippen LogP contribution in [0.1, 0.15) is 25.0 Å². The van der Waals surface area contributed by atoms with Gasteiger partial charge in [0.1, 0.15) is 6.54 Å². The Hall–Kier alpha value is -3.23. The molecule has 9 heteroatoms. The molecule has 9 nitrogen and oxygen atoms in total. The maximum absolute atomic E-state index is 12.1. The fraction of sp³-hybridized carbons (Fsp3) is 0.353. The summed E-state index contributed by atoms with van der Waals surface area (Å²) < 4.78 is 0. The SMILES string of the molecule is Cc1ccc(NC(=O)NC(=O)CN2C(=O)C(=O)N(C(C)C)C2=O)cc1C. The summed E-state index contributed by atoms with van der Waals surface area (Å²) in [4.78, 5) is 60.8. The highest BCUT2D eigenvalue weighted by atomic mass is 16.2. The zero-order chi connectivity index (χ0) is 19.6. The lowest BCUT2D eigenvalue weighted by atomic mass is 10.1. The van der Waals surface area contributed by atoms with E-state index in [1.54, 1.807) is 26.0 Å². The van der Waals surface area contributed by atoms with Crippen molar-refractivity contribution in [3.8, 4) is 0 Å². The second-order valence-corrected chi connectivity index (χ2v) is 6.24. The highest BCUT2D eigenvalue weighted by Gasteiger charge is 2.46. The van der Waals surface area contributed by atoms with Crippen LogP contribution >= 0.6 is 0 Å². The standard InChI is InChI=1S/C17H20N4O5/c1-9(2)21-15(24)14(23)20(17(21)26)8-13(22)19-16(25)18-12-6-5-10(3)11(4)7-12/h5-7,9H,8H2,1-4H3,(H2,18,19,22,25). The molecule has 0 aliphatic carbocycles. The Bertz CT molecular complexity index is 802. The Morgan fingerprint density at radius 1 is 1.04 bits per heavy atom. The zero-order valence-electron chi connectivity index (χ0n) is 15.0. The van der Waals surface area contributed by atoms with Gasteiger partial charge in [0, 0.05) is 11.7 Å². The van der Waals surface area contributed by atoms with Crippen molar-refractivity contribution in [2.45, 2.75) is 33.7 Å². The van der Waals surface area contributed by atoms with E-state index in [-0.39, 0.29) is 0 Å². The van der Waals surface area contributed by atoms with Gasteiger partial charge in [-0.3, -0.25) is 24.6 Å². The van der Waals surface area contributed by atoms with Gasteiger partial charge in [-0.15, -0.1) is 0 Å². The molecule has 0 unspecified atom stereocenters. The molecule has 1 heterocycles. The molecule has 1 fully saturated rings. The third kappa shape index (κ3) is 3.88. The number of hydrogen-bond acceptors (Lipinski definition) is 5. The smallest absolute Gasteiger partial charge is 0.308 e. The van der Waals surface area contributed by atoms with E-state index < -0.39 is 42.4 Å². The van der Waals surface area contributed by atoms with E-state index in [0.717, 1.165) is 16.0 Å². The first kappa shape index (κ1) is 19.1. The number of carbonyl (C=O) groups is 5. The second kappa shape index (κ2) is 7.34. The molecule has 2 rings (SSSR count). The Morgan fingerprint density at radius 2 is 1.69 bits per heavy atom. The summed E-state index contributed by atoms with van der Waals surface area (Å²) in [5.74, 6) is -2.96. The van der Waals surface area contributed by atoms with Crippen molar-refractivity contribution in [3.05, 3.63) is 29.3 Å². The normalized spacial score (nSPS) is 14.3. The van der Waals surface area contributed by atoms with Crippen molar-refractivity contribution >= 4 is 35.5 Å². The Labute approximate surface area is 150 Å². The summed E-state index contributed by atoms with van der Waals surface area (Å²) in [6, 6.07) is 3.05. The van der Waals surface area contributed by atoms with Gasteiger partial charge in [-0.1, -0.05) is 6.07 Å². The minimum absolute atomic E-state index is 0.493. The highest BCUT2D eigenvalue weighted by molar-refractivity contribution is 6.45. The number of carbonyl (C=O) groups excluding carboxylic acids is 5. The minimum atomic E-state index is -1.09. The molecule has 1 aromatic carbocycles. The number of nitrogens with one attached hydrogen (secondary N) is 2. The van der Waals surface area contributed by atoms with Crippen molar-refractivity contribution in [3.63, 3.8) is 0 Å². The topological polar surface area (TPSA) is 116 Å². The number of anilines is 1. The lowest BCUT2D eigenvalue weighted by Crippen LogP contribution is -2.45.